The molecule has 4 N–H and O–H groups in total. The highest BCUT2D eigenvalue weighted by molar-refractivity contribution is 5.94. The number of aromatic amines is 1. The van der Waals surface area contributed by atoms with Gasteiger partial charge in [0.15, 0.2) is 0 Å². The molecule has 0 saturated heterocycles. The fourth-order valence-corrected chi connectivity index (χ4v) is 2.14. The number of carbonyl (C=O) groups is 1. The Hall–Kier alpha value is -2.80. The molecule has 0 fully saturated rings. The maximum absolute atomic E-state index is 12.0. The number of nitrogens with zero attached hydrogens (tertiary/aromatic N) is 3. The van der Waals surface area contributed by atoms with E-state index < -0.39 is 6.04 Å². The van der Waals surface area contributed by atoms with E-state index in [-0.39, 0.29) is 11.9 Å². The van der Waals surface area contributed by atoms with E-state index in [9.17, 15) is 4.79 Å². The Labute approximate surface area is 120 Å². The van der Waals surface area contributed by atoms with Crippen molar-refractivity contribution in [2.75, 3.05) is 5.32 Å². The molecule has 0 unspecified atom stereocenters. The molecule has 106 valence electrons. The second kappa shape index (κ2) is 5.68. The quantitative estimate of drug-likeness (QED) is 0.657. The van der Waals surface area contributed by atoms with Gasteiger partial charge in [0.1, 0.15) is 0 Å². The first kappa shape index (κ1) is 13.2. The summed E-state index contributed by atoms with van der Waals surface area (Å²) in [5, 5.41) is 10.9. The zero-order chi connectivity index (χ0) is 14.7. The van der Waals surface area contributed by atoms with Crippen LogP contribution >= 0.6 is 0 Å². The van der Waals surface area contributed by atoms with Crippen LogP contribution in [0.25, 0.3) is 10.9 Å². The molecule has 21 heavy (non-hydrogen) atoms. The van der Waals surface area contributed by atoms with Gasteiger partial charge in [0.05, 0.1) is 18.4 Å². The molecule has 0 aliphatic heterocycles. The fraction of sp³-hybridized carbons (Fsp3) is 0.143. The standard InChI is InChI=1S/C14H14N6O/c15-11(13(21)19-14-16-5-6-18-20-14)7-9-8-17-12-4-2-1-3-10(9)12/h1-6,8,11,17H,7,15H2,(H,16,19,20,21)/t11-/m1/s1. The number of amides is 1. The summed E-state index contributed by atoms with van der Waals surface area (Å²) in [6.07, 6.45) is 5.18. The zero-order valence-electron chi connectivity index (χ0n) is 11.2. The average Bonchev–Trinajstić information content (AvgIpc) is 2.91. The van der Waals surface area contributed by atoms with Gasteiger partial charge in [-0.05, 0) is 18.1 Å². The number of fused-ring (bicyclic) bond motifs is 1. The average molecular weight is 282 g/mol. The van der Waals surface area contributed by atoms with Crippen molar-refractivity contribution in [2.24, 2.45) is 5.73 Å². The van der Waals surface area contributed by atoms with Gasteiger partial charge in [-0.2, -0.15) is 5.10 Å². The summed E-state index contributed by atoms with van der Waals surface area (Å²) in [5.74, 6) is -0.190. The fourth-order valence-electron chi connectivity index (χ4n) is 2.14. The van der Waals surface area contributed by atoms with E-state index in [1.165, 1.54) is 12.4 Å². The Kier molecular flexibility index (Phi) is 3.57. The predicted octanol–water partition coefficient (Wildman–Crippen LogP) is 0.861. The smallest absolute Gasteiger partial charge is 0.249 e. The third-order valence-electron chi connectivity index (χ3n) is 3.17. The number of para-hydroxylation sites is 1. The minimum Gasteiger partial charge on any atom is -0.361 e. The van der Waals surface area contributed by atoms with Gasteiger partial charge >= 0.3 is 0 Å². The highest BCUT2D eigenvalue weighted by atomic mass is 16.2. The van der Waals surface area contributed by atoms with Gasteiger partial charge < -0.3 is 10.7 Å². The van der Waals surface area contributed by atoms with Crippen LogP contribution in [0, 0.1) is 0 Å². The third-order valence-corrected chi connectivity index (χ3v) is 3.17. The summed E-state index contributed by atoms with van der Waals surface area (Å²) in [5.41, 5.74) is 7.97. The molecule has 7 nitrogen and oxygen atoms in total. The molecule has 2 heterocycles. The zero-order valence-corrected chi connectivity index (χ0v) is 11.2. The number of hydrogen-bond acceptors (Lipinski definition) is 5. The monoisotopic (exact) mass is 282 g/mol. The van der Waals surface area contributed by atoms with Crippen molar-refractivity contribution in [1.29, 1.82) is 0 Å². The van der Waals surface area contributed by atoms with Crippen molar-refractivity contribution in [3.8, 4) is 0 Å². The molecule has 0 bridgehead atoms. The molecule has 7 heteroatoms. The Bertz CT molecular complexity index is 754. The lowest BCUT2D eigenvalue weighted by molar-refractivity contribution is -0.117. The van der Waals surface area contributed by atoms with Crippen molar-refractivity contribution < 1.29 is 4.79 Å². The first-order valence-corrected chi connectivity index (χ1v) is 6.49. The maximum Gasteiger partial charge on any atom is 0.249 e. The van der Waals surface area contributed by atoms with Crippen LogP contribution in [0.3, 0.4) is 0 Å². The molecular formula is C14H14N6O. The molecular weight excluding hydrogens is 268 g/mol. The van der Waals surface area contributed by atoms with Crippen molar-refractivity contribution in [3.63, 3.8) is 0 Å². The highest BCUT2D eigenvalue weighted by Crippen LogP contribution is 2.18. The van der Waals surface area contributed by atoms with Crippen LogP contribution in [0.15, 0.2) is 42.9 Å². The minimum atomic E-state index is -0.687. The number of benzene rings is 1. The van der Waals surface area contributed by atoms with E-state index in [0.29, 0.717) is 6.42 Å². The van der Waals surface area contributed by atoms with Crippen molar-refractivity contribution in [3.05, 3.63) is 48.4 Å². The number of hydrogen-bond donors (Lipinski definition) is 3. The Morgan fingerprint density at radius 1 is 1.33 bits per heavy atom. The van der Waals surface area contributed by atoms with Crippen LogP contribution in [-0.2, 0) is 11.2 Å². The van der Waals surface area contributed by atoms with Gasteiger partial charge in [-0.15, -0.1) is 5.10 Å². The van der Waals surface area contributed by atoms with Crippen LogP contribution in [-0.4, -0.2) is 32.1 Å². The number of carbonyl (C=O) groups excluding carboxylic acids is 1. The topological polar surface area (TPSA) is 110 Å². The number of rotatable bonds is 4. The lowest BCUT2D eigenvalue weighted by Crippen LogP contribution is -2.37. The Morgan fingerprint density at radius 3 is 3.00 bits per heavy atom. The van der Waals surface area contributed by atoms with Crippen LogP contribution in [0.1, 0.15) is 5.56 Å². The Morgan fingerprint density at radius 2 is 2.19 bits per heavy atom. The number of nitrogens with one attached hydrogen (secondary N) is 2. The summed E-state index contributed by atoms with van der Waals surface area (Å²) in [7, 11) is 0. The maximum atomic E-state index is 12.0. The van der Waals surface area contributed by atoms with Crippen molar-refractivity contribution in [2.45, 2.75) is 12.5 Å². The van der Waals surface area contributed by atoms with E-state index in [0.717, 1.165) is 16.5 Å². The van der Waals surface area contributed by atoms with Gasteiger partial charge in [-0.3, -0.25) is 10.1 Å². The van der Waals surface area contributed by atoms with E-state index in [2.05, 4.69) is 25.5 Å². The lowest BCUT2D eigenvalue weighted by Gasteiger charge is -2.10. The van der Waals surface area contributed by atoms with E-state index in [1.807, 2.05) is 30.5 Å². The molecule has 1 amide bonds. The van der Waals surface area contributed by atoms with Gasteiger partial charge in [0.25, 0.3) is 0 Å². The van der Waals surface area contributed by atoms with Crippen molar-refractivity contribution in [1.82, 2.24) is 20.2 Å². The van der Waals surface area contributed by atoms with Crippen LogP contribution in [0.2, 0.25) is 0 Å². The third kappa shape index (κ3) is 2.87. The van der Waals surface area contributed by atoms with Gasteiger partial charge in [-0.1, -0.05) is 18.2 Å². The van der Waals surface area contributed by atoms with Crippen molar-refractivity contribution >= 4 is 22.8 Å². The van der Waals surface area contributed by atoms with E-state index in [1.54, 1.807) is 0 Å². The molecule has 3 aromatic rings. The molecule has 0 saturated carbocycles. The predicted molar refractivity (Wildman–Crippen MR) is 78.4 cm³/mol. The SMILES string of the molecule is N[C@H](Cc1c[nH]c2ccccc12)C(=O)Nc1nccnn1. The number of aromatic nitrogens is 4. The van der Waals surface area contributed by atoms with Gasteiger partial charge in [0.2, 0.25) is 11.9 Å². The van der Waals surface area contributed by atoms with Crippen LogP contribution < -0.4 is 11.1 Å². The molecule has 1 aromatic carbocycles. The molecule has 0 radical (unpaired) electrons. The summed E-state index contributed by atoms with van der Waals surface area (Å²) < 4.78 is 0. The normalized spacial score (nSPS) is 12.2. The van der Waals surface area contributed by atoms with Gasteiger partial charge in [-0.25, -0.2) is 4.98 Å². The summed E-state index contributed by atoms with van der Waals surface area (Å²) >= 11 is 0. The number of nitrogens with two attached hydrogens (primary N) is 1. The highest BCUT2D eigenvalue weighted by Gasteiger charge is 2.17. The van der Waals surface area contributed by atoms with Crippen LogP contribution in [0.4, 0.5) is 5.95 Å². The van der Waals surface area contributed by atoms with Gasteiger partial charge in [0, 0.05) is 17.1 Å². The largest absolute Gasteiger partial charge is 0.361 e. The lowest BCUT2D eigenvalue weighted by atomic mass is 10.1. The summed E-state index contributed by atoms with van der Waals surface area (Å²) in [6, 6.07) is 7.20. The second-order valence-electron chi connectivity index (χ2n) is 4.63. The molecule has 3 rings (SSSR count). The summed E-state index contributed by atoms with van der Waals surface area (Å²) in [4.78, 5) is 19.1. The van der Waals surface area contributed by atoms with E-state index >= 15 is 0 Å². The molecule has 2 aromatic heterocycles. The summed E-state index contributed by atoms with van der Waals surface area (Å²) in [6.45, 7) is 0. The van der Waals surface area contributed by atoms with E-state index in [4.69, 9.17) is 5.73 Å². The molecule has 1 atom stereocenters. The second-order valence-corrected chi connectivity index (χ2v) is 4.63. The molecule has 0 aliphatic carbocycles. The first-order valence-electron chi connectivity index (χ1n) is 6.49. The molecule has 0 spiro atoms. The number of anilines is 1. The first-order chi connectivity index (χ1) is 10.2. The minimum absolute atomic E-state index is 0.150. The molecule has 0 aliphatic rings. The Balaban J connectivity index is 1.71. The van der Waals surface area contributed by atoms with Crippen LogP contribution in [0.5, 0.6) is 0 Å². The number of H-pyrrole nitrogens is 1.